The van der Waals surface area contributed by atoms with Gasteiger partial charge in [-0.15, -0.1) is 0 Å². The van der Waals surface area contributed by atoms with E-state index in [0.717, 1.165) is 37.7 Å². The Labute approximate surface area is 125 Å². The zero-order valence-corrected chi connectivity index (χ0v) is 12.3. The van der Waals surface area contributed by atoms with Gasteiger partial charge in [0.1, 0.15) is 5.82 Å². The van der Waals surface area contributed by atoms with Gasteiger partial charge < -0.3 is 11.1 Å². The first kappa shape index (κ1) is 14.5. The van der Waals surface area contributed by atoms with Gasteiger partial charge in [-0.25, -0.2) is 4.39 Å². The molecule has 0 unspecified atom stereocenters. The van der Waals surface area contributed by atoms with Crippen LogP contribution in [0.15, 0.2) is 24.3 Å². The summed E-state index contributed by atoms with van der Waals surface area (Å²) in [5, 5.41) is 3.09. The molecule has 3 nitrogen and oxygen atoms in total. The van der Waals surface area contributed by atoms with Crippen molar-refractivity contribution in [2.75, 3.05) is 13.1 Å². The number of amides is 1. The molecule has 0 saturated heterocycles. The van der Waals surface area contributed by atoms with Gasteiger partial charge in [-0.2, -0.15) is 0 Å². The minimum Gasteiger partial charge on any atom is -0.355 e. The van der Waals surface area contributed by atoms with Crippen LogP contribution >= 0.6 is 0 Å². The number of halogens is 1. The Bertz CT molecular complexity index is 527. The van der Waals surface area contributed by atoms with Crippen molar-refractivity contribution in [2.24, 2.45) is 17.6 Å². The smallest absolute Gasteiger partial charge is 0.223 e. The average molecular weight is 290 g/mol. The van der Waals surface area contributed by atoms with Crippen molar-refractivity contribution in [3.63, 3.8) is 0 Å². The van der Waals surface area contributed by atoms with E-state index in [1.807, 2.05) is 6.07 Å². The maximum Gasteiger partial charge on any atom is 0.223 e. The third-order valence-electron chi connectivity index (χ3n) is 5.19. The van der Waals surface area contributed by atoms with Gasteiger partial charge in [-0.1, -0.05) is 18.6 Å². The van der Waals surface area contributed by atoms with Crippen molar-refractivity contribution in [2.45, 2.75) is 37.5 Å². The molecule has 0 heterocycles. The molecule has 0 radical (unpaired) electrons. The largest absolute Gasteiger partial charge is 0.355 e. The van der Waals surface area contributed by atoms with Gasteiger partial charge in [-0.05, 0) is 55.8 Å². The van der Waals surface area contributed by atoms with Crippen molar-refractivity contribution >= 4 is 5.91 Å². The van der Waals surface area contributed by atoms with Crippen molar-refractivity contribution in [1.29, 1.82) is 0 Å². The van der Waals surface area contributed by atoms with Crippen LogP contribution in [-0.2, 0) is 10.2 Å². The average Bonchev–Trinajstić information content (AvgIpc) is 3.13. The fourth-order valence-corrected chi connectivity index (χ4v) is 3.59. The Hall–Kier alpha value is -1.42. The molecule has 4 heteroatoms. The van der Waals surface area contributed by atoms with Crippen LogP contribution in [0.2, 0.25) is 0 Å². The van der Waals surface area contributed by atoms with E-state index in [0.29, 0.717) is 19.0 Å². The molecular formula is C17H23FN2O. The van der Waals surface area contributed by atoms with Gasteiger partial charge in [-0.3, -0.25) is 4.79 Å². The molecular weight excluding hydrogens is 267 g/mol. The van der Waals surface area contributed by atoms with Crippen LogP contribution in [0.5, 0.6) is 0 Å². The van der Waals surface area contributed by atoms with Gasteiger partial charge >= 0.3 is 0 Å². The summed E-state index contributed by atoms with van der Waals surface area (Å²) in [6, 6.07) is 6.76. The number of nitrogens with two attached hydrogens (primary N) is 1. The lowest BCUT2D eigenvalue weighted by Gasteiger charge is -2.21. The van der Waals surface area contributed by atoms with Gasteiger partial charge in [0.2, 0.25) is 5.91 Å². The second-order valence-corrected chi connectivity index (χ2v) is 6.54. The Balaban J connectivity index is 1.61. The topological polar surface area (TPSA) is 55.1 Å². The molecule has 1 amide bonds. The van der Waals surface area contributed by atoms with E-state index in [9.17, 15) is 9.18 Å². The van der Waals surface area contributed by atoms with Gasteiger partial charge in [0.05, 0.1) is 0 Å². The first-order valence-corrected chi connectivity index (χ1v) is 7.88. The fraction of sp³-hybridized carbons (Fsp3) is 0.588. The summed E-state index contributed by atoms with van der Waals surface area (Å²) in [7, 11) is 0. The van der Waals surface area contributed by atoms with Crippen LogP contribution in [0.25, 0.3) is 0 Å². The van der Waals surface area contributed by atoms with Crippen LogP contribution < -0.4 is 11.1 Å². The second kappa shape index (κ2) is 5.76. The number of rotatable bonds is 5. The van der Waals surface area contributed by atoms with E-state index in [2.05, 4.69) is 5.32 Å². The van der Waals surface area contributed by atoms with E-state index in [-0.39, 0.29) is 23.1 Å². The van der Waals surface area contributed by atoms with Crippen molar-refractivity contribution in [3.8, 4) is 0 Å². The van der Waals surface area contributed by atoms with Crippen LogP contribution in [0.3, 0.4) is 0 Å². The molecule has 2 fully saturated rings. The molecule has 0 bridgehead atoms. The maximum atomic E-state index is 13.4. The predicted octanol–water partition coefficient (Wildman–Crippen LogP) is 2.35. The third-order valence-corrected chi connectivity index (χ3v) is 5.19. The van der Waals surface area contributed by atoms with Crippen LogP contribution in [0.1, 0.15) is 37.7 Å². The van der Waals surface area contributed by atoms with Crippen molar-refractivity contribution in [3.05, 3.63) is 35.6 Å². The lowest BCUT2D eigenvalue weighted by molar-refractivity contribution is -0.126. The summed E-state index contributed by atoms with van der Waals surface area (Å²) >= 11 is 0. The zero-order valence-electron chi connectivity index (χ0n) is 12.3. The van der Waals surface area contributed by atoms with Crippen LogP contribution in [-0.4, -0.2) is 19.0 Å². The Kier molecular flexibility index (Phi) is 3.98. The number of benzene rings is 1. The van der Waals surface area contributed by atoms with E-state index in [4.69, 9.17) is 5.73 Å². The Morgan fingerprint density at radius 1 is 1.38 bits per heavy atom. The minimum absolute atomic E-state index is 0.0470. The lowest BCUT2D eigenvalue weighted by atomic mass is 9.93. The Morgan fingerprint density at radius 2 is 2.19 bits per heavy atom. The standard InChI is InChI=1S/C17H23FN2O/c18-14-5-2-4-13(9-14)17(7-8-17)11-20-16(21)15-6-1-3-12(15)10-19/h2,4-5,9,12,15H,1,3,6-8,10-11,19H2,(H,20,21)/t12-,15-/m1/s1. The van der Waals surface area contributed by atoms with Gasteiger partial charge in [0.15, 0.2) is 0 Å². The molecule has 3 rings (SSSR count). The quantitative estimate of drug-likeness (QED) is 0.874. The maximum absolute atomic E-state index is 13.4. The summed E-state index contributed by atoms with van der Waals surface area (Å²) in [4.78, 5) is 12.3. The SMILES string of the molecule is NC[C@H]1CCC[C@H]1C(=O)NCC1(c2cccc(F)c2)CC1. The molecule has 0 aromatic heterocycles. The summed E-state index contributed by atoms with van der Waals surface area (Å²) < 4.78 is 13.4. The predicted molar refractivity (Wildman–Crippen MR) is 80.2 cm³/mol. The number of nitrogens with one attached hydrogen (secondary N) is 1. The molecule has 2 saturated carbocycles. The fourth-order valence-electron chi connectivity index (χ4n) is 3.59. The zero-order chi connectivity index (χ0) is 14.9. The molecule has 114 valence electrons. The molecule has 0 aliphatic heterocycles. The third kappa shape index (κ3) is 2.95. The number of hydrogen-bond acceptors (Lipinski definition) is 2. The molecule has 1 aromatic carbocycles. The summed E-state index contributed by atoms with van der Waals surface area (Å²) in [6.07, 6.45) is 5.13. The monoisotopic (exact) mass is 290 g/mol. The van der Waals surface area contributed by atoms with E-state index in [1.54, 1.807) is 12.1 Å². The van der Waals surface area contributed by atoms with Gasteiger partial charge in [0, 0.05) is 17.9 Å². The molecule has 1 aromatic rings. The van der Waals surface area contributed by atoms with Crippen LogP contribution in [0, 0.1) is 17.7 Å². The molecule has 2 atom stereocenters. The lowest BCUT2D eigenvalue weighted by Crippen LogP contribution is -2.39. The first-order valence-electron chi connectivity index (χ1n) is 7.88. The van der Waals surface area contributed by atoms with Gasteiger partial charge in [0.25, 0.3) is 0 Å². The Morgan fingerprint density at radius 3 is 2.86 bits per heavy atom. The molecule has 21 heavy (non-hydrogen) atoms. The number of carbonyl (C=O) groups excluding carboxylic acids is 1. The highest BCUT2D eigenvalue weighted by Gasteiger charge is 2.45. The normalized spacial score (nSPS) is 26.6. The van der Waals surface area contributed by atoms with Crippen molar-refractivity contribution in [1.82, 2.24) is 5.32 Å². The first-order chi connectivity index (χ1) is 10.1. The minimum atomic E-state index is -0.205. The number of hydrogen-bond donors (Lipinski definition) is 2. The highest BCUT2D eigenvalue weighted by atomic mass is 19.1. The van der Waals surface area contributed by atoms with Crippen LogP contribution in [0.4, 0.5) is 4.39 Å². The number of carbonyl (C=O) groups is 1. The molecule has 3 N–H and O–H groups in total. The second-order valence-electron chi connectivity index (χ2n) is 6.54. The summed E-state index contributed by atoms with van der Waals surface area (Å²) in [5.41, 5.74) is 6.70. The molecule has 0 spiro atoms. The highest BCUT2D eigenvalue weighted by Crippen LogP contribution is 2.47. The van der Waals surface area contributed by atoms with E-state index < -0.39 is 0 Å². The summed E-state index contributed by atoms with van der Waals surface area (Å²) in [6.45, 7) is 1.20. The van der Waals surface area contributed by atoms with E-state index in [1.165, 1.54) is 6.07 Å². The van der Waals surface area contributed by atoms with Crippen molar-refractivity contribution < 1.29 is 9.18 Å². The molecule has 2 aliphatic carbocycles. The molecule has 2 aliphatic rings. The summed E-state index contributed by atoms with van der Waals surface area (Å²) in [5.74, 6) is 0.322. The highest BCUT2D eigenvalue weighted by molar-refractivity contribution is 5.79. The van der Waals surface area contributed by atoms with E-state index >= 15 is 0 Å².